The molecule has 132 valence electrons. The van der Waals surface area contributed by atoms with Crippen LogP contribution in [0.3, 0.4) is 0 Å². The van der Waals surface area contributed by atoms with E-state index in [4.69, 9.17) is 19.9 Å². The summed E-state index contributed by atoms with van der Waals surface area (Å²) < 4.78 is 16.5. The second-order valence-corrected chi connectivity index (χ2v) is 5.92. The van der Waals surface area contributed by atoms with Crippen molar-refractivity contribution in [3.05, 3.63) is 30.0 Å². The zero-order chi connectivity index (χ0) is 18.0. The highest BCUT2D eigenvalue weighted by Crippen LogP contribution is 2.31. The van der Waals surface area contributed by atoms with E-state index in [-0.39, 0.29) is 24.4 Å². The smallest absolute Gasteiger partial charge is 0.407 e. The summed E-state index contributed by atoms with van der Waals surface area (Å²) >= 11 is 0. The summed E-state index contributed by atoms with van der Waals surface area (Å²) in [6, 6.07) is 4.98. The number of carbonyl (C=O) groups excluding carboxylic acids is 2. The van der Waals surface area contributed by atoms with Crippen LogP contribution in [0.5, 0.6) is 11.5 Å². The molecule has 1 fully saturated rings. The zero-order valence-corrected chi connectivity index (χ0v) is 13.9. The maximum atomic E-state index is 11.7. The van der Waals surface area contributed by atoms with Gasteiger partial charge >= 0.3 is 6.09 Å². The number of ether oxygens (including phenoxy) is 3. The van der Waals surface area contributed by atoms with E-state index >= 15 is 0 Å². The first kappa shape index (κ1) is 16.8. The number of hydrogen-bond donors (Lipinski definition) is 2. The normalized spacial score (nSPS) is 16.6. The van der Waals surface area contributed by atoms with Crippen molar-refractivity contribution in [1.82, 2.24) is 10.3 Å². The Morgan fingerprint density at radius 3 is 2.88 bits per heavy atom. The average molecular weight is 345 g/mol. The van der Waals surface area contributed by atoms with Gasteiger partial charge in [0, 0.05) is 11.6 Å². The van der Waals surface area contributed by atoms with Crippen molar-refractivity contribution >= 4 is 22.9 Å². The zero-order valence-electron chi connectivity index (χ0n) is 13.9. The maximum Gasteiger partial charge on any atom is 0.407 e. The summed E-state index contributed by atoms with van der Waals surface area (Å²) in [6.45, 7) is 4.32. The minimum absolute atomic E-state index is 0.124. The standard InChI is InChI=1S/C17H19N3O5/c1-9(2)24-15-6-11-13(5-12(15)16(18)21)19-4-3-14(11)23-8-10-7-20-17(22)25-10/h3-6,9-10H,7-8H2,1-2H3,(H2,18,21)(H,20,22)/t10-/m1/s1. The number of nitrogens with two attached hydrogens (primary N) is 1. The quantitative estimate of drug-likeness (QED) is 0.822. The number of cyclic esters (lactones) is 1. The molecule has 0 unspecified atom stereocenters. The fraction of sp³-hybridized carbons (Fsp3) is 0.353. The lowest BCUT2D eigenvalue weighted by atomic mass is 10.1. The molecule has 0 radical (unpaired) electrons. The van der Waals surface area contributed by atoms with Crippen LogP contribution in [0.15, 0.2) is 24.4 Å². The third-order valence-electron chi connectivity index (χ3n) is 3.60. The van der Waals surface area contributed by atoms with Crippen molar-refractivity contribution in [2.75, 3.05) is 13.2 Å². The minimum Gasteiger partial charge on any atom is -0.490 e. The molecule has 0 spiro atoms. The molecule has 2 heterocycles. The van der Waals surface area contributed by atoms with Crippen LogP contribution in [0.4, 0.5) is 4.79 Å². The van der Waals surface area contributed by atoms with Crippen LogP contribution >= 0.6 is 0 Å². The minimum atomic E-state index is -0.588. The van der Waals surface area contributed by atoms with Crippen LogP contribution in [0, 0.1) is 0 Å². The number of fused-ring (bicyclic) bond motifs is 1. The first-order chi connectivity index (χ1) is 11.9. The predicted octanol–water partition coefficient (Wildman–Crippen LogP) is 1.61. The summed E-state index contributed by atoms with van der Waals surface area (Å²) in [5, 5.41) is 3.25. The number of aromatic nitrogens is 1. The molecular formula is C17H19N3O5. The van der Waals surface area contributed by atoms with Crippen molar-refractivity contribution in [1.29, 1.82) is 0 Å². The van der Waals surface area contributed by atoms with E-state index in [1.807, 2.05) is 13.8 Å². The fourth-order valence-corrected chi connectivity index (χ4v) is 2.53. The van der Waals surface area contributed by atoms with E-state index in [9.17, 15) is 9.59 Å². The van der Waals surface area contributed by atoms with Gasteiger partial charge in [-0.3, -0.25) is 9.78 Å². The molecule has 3 N–H and O–H groups in total. The number of benzene rings is 1. The highest BCUT2D eigenvalue weighted by Gasteiger charge is 2.23. The van der Waals surface area contributed by atoms with Gasteiger partial charge in [-0.15, -0.1) is 0 Å². The summed E-state index contributed by atoms with van der Waals surface area (Å²) in [7, 11) is 0. The molecule has 1 saturated heterocycles. The molecule has 1 aliphatic heterocycles. The summed E-state index contributed by atoms with van der Waals surface area (Å²) in [5.41, 5.74) is 6.26. The summed E-state index contributed by atoms with van der Waals surface area (Å²) in [6.07, 6.45) is 0.643. The van der Waals surface area contributed by atoms with Gasteiger partial charge in [0.25, 0.3) is 5.91 Å². The first-order valence-electron chi connectivity index (χ1n) is 7.90. The lowest BCUT2D eigenvalue weighted by molar-refractivity contribution is 0.0994. The molecule has 1 aromatic carbocycles. The Balaban J connectivity index is 1.93. The van der Waals surface area contributed by atoms with Gasteiger partial charge in [0.15, 0.2) is 6.10 Å². The van der Waals surface area contributed by atoms with Crippen molar-refractivity contribution in [3.63, 3.8) is 0 Å². The van der Waals surface area contributed by atoms with Crippen LogP contribution in [0.1, 0.15) is 24.2 Å². The van der Waals surface area contributed by atoms with Gasteiger partial charge in [-0.25, -0.2) is 4.79 Å². The topological polar surface area (TPSA) is 113 Å². The second kappa shape index (κ2) is 6.84. The summed E-state index contributed by atoms with van der Waals surface area (Å²) in [4.78, 5) is 27.0. The van der Waals surface area contributed by atoms with E-state index in [1.54, 1.807) is 24.4 Å². The van der Waals surface area contributed by atoms with Gasteiger partial charge < -0.3 is 25.3 Å². The first-order valence-corrected chi connectivity index (χ1v) is 7.90. The van der Waals surface area contributed by atoms with Gasteiger partial charge in [-0.1, -0.05) is 0 Å². The van der Waals surface area contributed by atoms with Crippen LogP contribution in [0.2, 0.25) is 0 Å². The largest absolute Gasteiger partial charge is 0.490 e. The number of carbonyl (C=O) groups is 2. The van der Waals surface area contributed by atoms with E-state index in [0.29, 0.717) is 28.9 Å². The van der Waals surface area contributed by atoms with Crippen molar-refractivity contribution in [3.8, 4) is 11.5 Å². The third kappa shape index (κ3) is 3.73. The number of nitrogens with one attached hydrogen (secondary N) is 1. The molecule has 1 atom stereocenters. The van der Waals surface area contributed by atoms with Gasteiger partial charge in [-0.2, -0.15) is 0 Å². The molecule has 8 nitrogen and oxygen atoms in total. The lowest BCUT2D eigenvalue weighted by Crippen LogP contribution is -2.22. The van der Waals surface area contributed by atoms with E-state index < -0.39 is 12.0 Å². The monoisotopic (exact) mass is 345 g/mol. The molecule has 25 heavy (non-hydrogen) atoms. The Bertz CT molecular complexity index is 821. The van der Waals surface area contributed by atoms with Crippen LogP contribution < -0.4 is 20.5 Å². The molecule has 1 aromatic heterocycles. The lowest BCUT2D eigenvalue weighted by Gasteiger charge is -2.16. The molecule has 0 aliphatic carbocycles. The van der Waals surface area contributed by atoms with Crippen molar-refractivity contribution < 1.29 is 23.8 Å². The van der Waals surface area contributed by atoms with Crippen molar-refractivity contribution in [2.45, 2.75) is 26.1 Å². The predicted molar refractivity (Wildman–Crippen MR) is 89.8 cm³/mol. The highest BCUT2D eigenvalue weighted by atomic mass is 16.6. The van der Waals surface area contributed by atoms with Crippen LogP contribution in [0.25, 0.3) is 10.9 Å². The number of amides is 2. The maximum absolute atomic E-state index is 11.7. The number of alkyl carbamates (subject to hydrolysis) is 1. The van der Waals surface area contributed by atoms with Crippen molar-refractivity contribution in [2.24, 2.45) is 5.73 Å². The second-order valence-electron chi connectivity index (χ2n) is 5.92. The number of primary amides is 1. The summed E-state index contributed by atoms with van der Waals surface area (Å²) in [5.74, 6) is 0.342. The molecule has 8 heteroatoms. The van der Waals surface area contributed by atoms with Gasteiger partial charge in [-0.05, 0) is 32.0 Å². The highest BCUT2D eigenvalue weighted by molar-refractivity contribution is 6.01. The molecule has 0 bridgehead atoms. The Labute approximate surface area is 144 Å². The number of nitrogens with zero attached hydrogens (tertiary/aromatic N) is 1. The molecule has 0 saturated carbocycles. The Morgan fingerprint density at radius 2 is 2.24 bits per heavy atom. The van der Waals surface area contributed by atoms with Gasteiger partial charge in [0.05, 0.1) is 23.7 Å². The van der Waals surface area contributed by atoms with Gasteiger partial charge in [0.2, 0.25) is 0 Å². The third-order valence-corrected chi connectivity index (χ3v) is 3.60. The molecule has 3 rings (SSSR count). The Hall–Kier alpha value is -3.03. The van der Waals surface area contributed by atoms with Gasteiger partial charge in [0.1, 0.15) is 18.1 Å². The SMILES string of the molecule is CC(C)Oc1cc2c(OC[C@H]3CNC(=O)O3)ccnc2cc1C(N)=O. The number of rotatable bonds is 6. The fourth-order valence-electron chi connectivity index (χ4n) is 2.53. The molecule has 2 aromatic rings. The molecule has 1 aliphatic rings. The van der Waals surface area contributed by atoms with E-state index in [2.05, 4.69) is 10.3 Å². The number of pyridine rings is 1. The molecule has 2 amide bonds. The molecular weight excluding hydrogens is 326 g/mol. The van der Waals surface area contributed by atoms with Crippen LogP contribution in [-0.4, -0.2) is 42.3 Å². The van der Waals surface area contributed by atoms with Crippen LogP contribution in [-0.2, 0) is 4.74 Å². The Morgan fingerprint density at radius 1 is 1.44 bits per heavy atom. The number of hydrogen-bond acceptors (Lipinski definition) is 6. The average Bonchev–Trinajstić information content (AvgIpc) is 2.97. The van der Waals surface area contributed by atoms with E-state index in [0.717, 1.165) is 0 Å². The Kier molecular flexibility index (Phi) is 4.60. The van der Waals surface area contributed by atoms with E-state index in [1.165, 1.54) is 0 Å².